The monoisotopic (exact) mass is 377 g/mol. The lowest BCUT2D eigenvalue weighted by Gasteiger charge is -2.36. The molecule has 0 N–H and O–H groups in total. The first-order valence-corrected chi connectivity index (χ1v) is 10.2. The van der Waals surface area contributed by atoms with Crippen molar-refractivity contribution >= 4 is 10.1 Å². The molecule has 1 fully saturated rings. The Kier molecular flexibility index (Phi) is 5.75. The first kappa shape index (κ1) is 19.0. The third kappa shape index (κ3) is 4.50. The normalized spacial score (nSPS) is 21.7. The van der Waals surface area contributed by atoms with Gasteiger partial charge in [0, 0.05) is 12.5 Å². The first-order valence-electron chi connectivity index (χ1n) is 8.75. The lowest BCUT2D eigenvalue weighted by molar-refractivity contribution is 0.132. The third-order valence-corrected chi connectivity index (χ3v) is 6.28. The van der Waals surface area contributed by atoms with E-state index in [9.17, 15) is 12.8 Å². The second-order valence-corrected chi connectivity index (χ2v) is 8.64. The molecule has 0 spiro atoms. The Morgan fingerprint density at radius 3 is 2.42 bits per heavy atom. The molecule has 1 aliphatic heterocycles. The van der Waals surface area contributed by atoms with E-state index in [2.05, 4.69) is 4.90 Å². The predicted octanol–water partition coefficient (Wildman–Crippen LogP) is 3.57. The van der Waals surface area contributed by atoms with Gasteiger partial charge in [-0.2, -0.15) is 8.42 Å². The van der Waals surface area contributed by atoms with Crippen LogP contribution in [0.25, 0.3) is 0 Å². The van der Waals surface area contributed by atoms with Gasteiger partial charge in [-0.25, -0.2) is 4.39 Å². The first-order chi connectivity index (χ1) is 12.3. The van der Waals surface area contributed by atoms with Crippen molar-refractivity contribution in [1.82, 2.24) is 4.90 Å². The van der Waals surface area contributed by atoms with Crippen LogP contribution in [0.3, 0.4) is 0 Å². The van der Waals surface area contributed by atoms with Crippen molar-refractivity contribution in [2.45, 2.75) is 24.2 Å². The molecule has 0 unspecified atom stereocenters. The molecule has 0 aliphatic carbocycles. The largest absolute Gasteiger partial charge is 0.306 e. The van der Waals surface area contributed by atoms with Crippen molar-refractivity contribution in [3.63, 3.8) is 0 Å². The van der Waals surface area contributed by atoms with E-state index in [1.165, 1.54) is 12.1 Å². The van der Waals surface area contributed by atoms with Gasteiger partial charge in [-0.05, 0) is 62.7 Å². The van der Waals surface area contributed by atoms with Crippen LogP contribution in [0.2, 0.25) is 0 Å². The van der Waals surface area contributed by atoms with Crippen molar-refractivity contribution in [2.24, 2.45) is 5.92 Å². The van der Waals surface area contributed by atoms with Gasteiger partial charge in [-0.15, -0.1) is 0 Å². The molecule has 0 bridgehead atoms. The third-order valence-electron chi connectivity index (χ3n) is 4.98. The zero-order valence-electron chi connectivity index (χ0n) is 15.1. The zero-order valence-corrected chi connectivity index (χ0v) is 15.9. The van der Waals surface area contributed by atoms with Crippen LogP contribution in [0.4, 0.5) is 4.39 Å². The Hall–Kier alpha value is -1.76. The van der Waals surface area contributed by atoms with Crippen LogP contribution in [-0.4, -0.2) is 40.1 Å². The van der Waals surface area contributed by atoms with Crippen molar-refractivity contribution in [3.8, 4) is 0 Å². The number of halogens is 1. The molecule has 1 heterocycles. The fourth-order valence-electron chi connectivity index (χ4n) is 3.48. The SMILES string of the molecule is Cc1ccc(S(=O)(=O)OC[C@@H]2CN(C)CC[C@H]2c2ccc(F)cc2)cc1. The highest BCUT2D eigenvalue weighted by Gasteiger charge is 2.31. The molecule has 3 rings (SSSR count). The van der Waals surface area contributed by atoms with Crippen LogP contribution in [-0.2, 0) is 14.3 Å². The van der Waals surface area contributed by atoms with Gasteiger partial charge in [0.25, 0.3) is 10.1 Å². The number of hydrogen-bond acceptors (Lipinski definition) is 4. The molecule has 0 aromatic heterocycles. The Labute approximate surface area is 154 Å². The minimum Gasteiger partial charge on any atom is -0.306 e. The molecule has 0 amide bonds. The molecule has 0 saturated carbocycles. The Morgan fingerprint density at radius 2 is 1.77 bits per heavy atom. The van der Waals surface area contributed by atoms with E-state index < -0.39 is 10.1 Å². The summed E-state index contributed by atoms with van der Waals surface area (Å²) >= 11 is 0. The lowest BCUT2D eigenvalue weighted by Crippen LogP contribution is -2.39. The van der Waals surface area contributed by atoms with Gasteiger partial charge in [0.15, 0.2) is 0 Å². The van der Waals surface area contributed by atoms with Crippen LogP contribution < -0.4 is 0 Å². The minimum atomic E-state index is -3.78. The highest BCUT2D eigenvalue weighted by atomic mass is 32.2. The van der Waals surface area contributed by atoms with Gasteiger partial charge in [0.05, 0.1) is 11.5 Å². The van der Waals surface area contributed by atoms with Crippen LogP contribution in [0.1, 0.15) is 23.5 Å². The molecule has 1 aliphatic rings. The summed E-state index contributed by atoms with van der Waals surface area (Å²) in [5.74, 6) is -0.0871. The Bertz CT molecular complexity index is 834. The van der Waals surface area contributed by atoms with E-state index >= 15 is 0 Å². The van der Waals surface area contributed by atoms with E-state index in [-0.39, 0.29) is 29.2 Å². The molecule has 140 valence electrons. The molecular formula is C20H24FNO3S. The van der Waals surface area contributed by atoms with Gasteiger partial charge in [-0.3, -0.25) is 4.18 Å². The maximum atomic E-state index is 13.2. The van der Waals surface area contributed by atoms with Crippen molar-refractivity contribution in [3.05, 3.63) is 65.5 Å². The molecular weight excluding hydrogens is 353 g/mol. The number of hydrogen-bond donors (Lipinski definition) is 0. The molecule has 2 atom stereocenters. The molecule has 4 nitrogen and oxygen atoms in total. The second-order valence-electron chi connectivity index (χ2n) is 7.02. The molecule has 6 heteroatoms. The fourth-order valence-corrected chi connectivity index (χ4v) is 4.44. The minimum absolute atomic E-state index is 0.0273. The average molecular weight is 377 g/mol. The number of likely N-dealkylation sites (tertiary alicyclic amines) is 1. The van der Waals surface area contributed by atoms with Crippen molar-refractivity contribution < 1.29 is 17.0 Å². The molecule has 26 heavy (non-hydrogen) atoms. The number of benzene rings is 2. The van der Waals surface area contributed by atoms with Crippen molar-refractivity contribution in [2.75, 3.05) is 26.7 Å². The number of piperidine rings is 1. The molecule has 0 radical (unpaired) electrons. The number of nitrogens with zero attached hydrogens (tertiary/aromatic N) is 1. The summed E-state index contributed by atoms with van der Waals surface area (Å²) in [6.45, 7) is 3.68. The Morgan fingerprint density at radius 1 is 1.12 bits per heavy atom. The topological polar surface area (TPSA) is 46.6 Å². The predicted molar refractivity (Wildman–Crippen MR) is 99.1 cm³/mol. The summed E-state index contributed by atoms with van der Waals surface area (Å²) in [6.07, 6.45) is 0.890. The van der Waals surface area contributed by atoms with Gasteiger partial charge in [0.1, 0.15) is 5.82 Å². The summed E-state index contributed by atoms with van der Waals surface area (Å²) in [5.41, 5.74) is 2.02. The quantitative estimate of drug-likeness (QED) is 0.748. The van der Waals surface area contributed by atoms with Gasteiger partial charge < -0.3 is 4.90 Å². The summed E-state index contributed by atoms with van der Waals surface area (Å²) < 4.78 is 43.6. The van der Waals surface area contributed by atoms with E-state index in [1.807, 2.05) is 14.0 Å². The standard InChI is InChI=1S/C20H24FNO3S/c1-15-3-9-19(10-4-15)26(23,24)25-14-17-13-22(2)12-11-20(17)16-5-7-18(21)8-6-16/h3-10,17,20H,11-14H2,1-2H3/t17-,20-/m0/s1. The Balaban J connectivity index is 1.74. The van der Waals surface area contributed by atoms with Crippen LogP contribution in [0.5, 0.6) is 0 Å². The summed E-state index contributed by atoms with van der Waals surface area (Å²) in [5, 5.41) is 0. The van der Waals surface area contributed by atoms with E-state index in [4.69, 9.17) is 4.18 Å². The van der Waals surface area contributed by atoms with E-state index in [1.54, 1.807) is 36.4 Å². The summed E-state index contributed by atoms with van der Waals surface area (Å²) in [4.78, 5) is 2.35. The highest BCUT2D eigenvalue weighted by Crippen LogP contribution is 2.33. The number of rotatable bonds is 5. The average Bonchev–Trinajstić information content (AvgIpc) is 2.61. The van der Waals surface area contributed by atoms with Gasteiger partial charge in [-0.1, -0.05) is 29.8 Å². The second kappa shape index (κ2) is 7.86. The van der Waals surface area contributed by atoms with Gasteiger partial charge >= 0.3 is 0 Å². The van der Waals surface area contributed by atoms with Gasteiger partial charge in [0.2, 0.25) is 0 Å². The maximum Gasteiger partial charge on any atom is 0.296 e. The smallest absolute Gasteiger partial charge is 0.296 e. The van der Waals surface area contributed by atoms with E-state index in [0.29, 0.717) is 0 Å². The summed E-state index contributed by atoms with van der Waals surface area (Å²) in [7, 11) is -1.77. The van der Waals surface area contributed by atoms with Crippen LogP contribution in [0, 0.1) is 18.7 Å². The van der Waals surface area contributed by atoms with E-state index in [0.717, 1.165) is 30.6 Å². The molecule has 1 saturated heterocycles. The van der Waals surface area contributed by atoms with Crippen LogP contribution >= 0.6 is 0 Å². The molecule has 2 aromatic carbocycles. The summed E-state index contributed by atoms with van der Waals surface area (Å²) in [6, 6.07) is 13.1. The highest BCUT2D eigenvalue weighted by molar-refractivity contribution is 7.86. The molecule has 2 aromatic rings. The van der Waals surface area contributed by atoms with Crippen LogP contribution in [0.15, 0.2) is 53.4 Å². The lowest BCUT2D eigenvalue weighted by atomic mass is 9.81. The maximum absolute atomic E-state index is 13.2. The zero-order chi connectivity index (χ0) is 18.7. The number of aryl methyl sites for hydroxylation is 1. The van der Waals surface area contributed by atoms with Crippen molar-refractivity contribution in [1.29, 1.82) is 0 Å². The fraction of sp³-hybridized carbons (Fsp3) is 0.400.